The largest absolute Gasteiger partial charge is 0.375 e. The molecule has 0 saturated carbocycles. The van der Waals surface area contributed by atoms with Crippen LogP contribution >= 0.6 is 0 Å². The van der Waals surface area contributed by atoms with E-state index in [0.717, 1.165) is 5.69 Å². The summed E-state index contributed by atoms with van der Waals surface area (Å²) in [6, 6.07) is 4.76. The fourth-order valence-electron chi connectivity index (χ4n) is 1.24. The summed E-state index contributed by atoms with van der Waals surface area (Å²) in [5.74, 6) is 0.526. The molecule has 5 heteroatoms. The molecular formula is C10H11N4O. The highest BCUT2D eigenvalue weighted by Crippen LogP contribution is 2.16. The fraction of sp³-hybridized carbons (Fsp3) is 0.300. The minimum absolute atomic E-state index is 0.0868. The van der Waals surface area contributed by atoms with Crippen LogP contribution in [0.1, 0.15) is 18.7 Å². The zero-order chi connectivity index (χ0) is 10.7. The van der Waals surface area contributed by atoms with E-state index >= 15 is 0 Å². The van der Waals surface area contributed by atoms with Gasteiger partial charge >= 0.3 is 0 Å². The molecule has 0 aromatic carbocycles. The number of nitrogens with zero attached hydrogens (tertiary/aromatic N) is 4. The molecule has 0 aliphatic rings. The Balaban J connectivity index is 2.41. The molecule has 2 aromatic rings. The average molecular weight is 203 g/mol. The Labute approximate surface area is 87.7 Å². The molecule has 77 valence electrons. The third-order valence-corrected chi connectivity index (χ3v) is 2.09. The van der Waals surface area contributed by atoms with Crippen LogP contribution in [0.15, 0.2) is 24.7 Å². The molecule has 0 bridgehead atoms. The van der Waals surface area contributed by atoms with Gasteiger partial charge in [-0.2, -0.15) is 9.78 Å². The van der Waals surface area contributed by atoms with E-state index in [4.69, 9.17) is 4.74 Å². The third kappa shape index (κ3) is 1.87. The predicted octanol–water partition coefficient (Wildman–Crippen LogP) is 1.17. The van der Waals surface area contributed by atoms with Gasteiger partial charge in [0.05, 0.1) is 18.0 Å². The molecule has 0 aliphatic carbocycles. The van der Waals surface area contributed by atoms with E-state index in [1.807, 2.05) is 6.92 Å². The number of hydrogen-bond donors (Lipinski definition) is 0. The molecule has 0 fully saturated rings. The van der Waals surface area contributed by atoms with Crippen molar-refractivity contribution in [3.8, 4) is 5.95 Å². The number of methoxy groups -OCH3 is 1. The lowest BCUT2D eigenvalue weighted by Gasteiger charge is -2.10. The second-order valence-electron chi connectivity index (χ2n) is 3.01. The molecule has 5 nitrogen and oxygen atoms in total. The minimum atomic E-state index is -0.0868. The molecular weight excluding hydrogens is 192 g/mol. The summed E-state index contributed by atoms with van der Waals surface area (Å²) >= 11 is 0. The number of rotatable bonds is 3. The van der Waals surface area contributed by atoms with Crippen molar-refractivity contribution in [2.24, 2.45) is 0 Å². The molecule has 2 rings (SSSR count). The summed E-state index contributed by atoms with van der Waals surface area (Å²) in [6.45, 7) is 1.92. The van der Waals surface area contributed by atoms with Crippen molar-refractivity contribution in [1.82, 2.24) is 19.7 Å². The summed E-state index contributed by atoms with van der Waals surface area (Å²) in [4.78, 5) is 8.22. The van der Waals surface area contributed by atoms with Gasteiger partial charge in [-0.25, -0.2) is 9.97 Å². The fourth-order valence-corrected chi connectivity index (χ4v) is 1.24. The normalized spacial score (nSPS) is 12.7. The highest BCUT2D eigenvalue weighted by Gasteiger charge is 2.13. The van der Waals surface area contributed by atoms with Crippen LogP contribution in [0.25, 0.3) is 5.95 Å². The van der Waals surface area contributed by atoms with E-state index in [2.05, 4.69) is 21.1 Å². The second kappa shape index (κ2) is 4.18. The van der Waals surface area contributed by atoms with Crippen LogP contribution in [0, 0.1) is 6.07 Å². The zero-order valence-corrected chi connectivity index (χ0v) is 8.58. The van der Waals surface area contributed by atoms with Gasteiger partial charge in [-0.3, -0.25) is 0 Å². The van der Waals surface area contributed by atoms with E-state index in [-0.39, 0.29) is 6.10 Å². The van der Waals surface area contributed by atoms with Crippen molar-refractivity contribution < 1.29 is 4.74 Å². The summed E-state index contributed by atoms with van der Waals surface area (Å²) in [5, 5.41) is 4.11. The van der Waals surface area contributed by atoms with Gasteiger partial charge < -0.3 is 4.74 Å². The smallest absolute Gasteiger partial charge is 0.250 e. The molecule has 0 aliphatic heterocycles. The van der Waals surface area contributed by atoms with Gasteiger partial charge in [0.15, 0.2) is 0 Å². The second-order valence-corrected chi connectivity index (χ2v) is 3.01. The first kappa shape index (κ1) is 9.79. The first-order valence-corrected chi connectivity index (χ1v) is 4.58. The minimum Gasteiger partial charge on any atom is -0.375 e. The van der Waals surface area contributed by atoms with Gasteiger partial charge in [0.2, 0.25) is 0 Å². The topological polar surface area (TPSA) is 52.8 Å². The van der Waals surface area contributed by atoms with Crippen molar-refractivity contribution in [1.29, 1.82) is 0 Å². The monoisotopic (exact) mass is 203 g/mol. The lowest BCUT2D eigenvalue weighted by molar-refractivity contribution is 0.113. The highest BCUT2D eigenvalue weighted by molar-refractivity contribution is 5.15. The van der Waals surface area contributed by atoms with Crippen LogP contribution in [0.5, 0.6) is 0 Å². The van der Waals surface area contributed by atoms with Gasteiger partial charge in [0, 0.05) is 25.6 Å². The molecule has 0 amide bonds. The van der Waals surface area contributed by atoms with E-state index < -0.39 is 0 Å². The molecule has 2 aromatic heterocycles. The quantitative estimate of drug-likeness (QED) is 0.751. The van der Waals surface area contributed by atoms with E-state index in [1.54, 1.807) is 36.4 Å². The van der Waals surface area contributed by atoms with Gasteiger partial charge in [-0.05, 0) is 13.0 Å². The molecule has 1 atom stereocenters. The maximum atomic E-state index is 5.21. The highest BCUT2D eigenvalue weighted by atomic mass is 16.5. The number of hydrogen-bond acceptors (Lipinski definition) is 4. The maximum Gasteiger partial charge on any atom is 0.250 e. The van der Waals surface area contributed by atoms with Crippen molar-refractivity contribution in [3.05, 3.63) is 36.4 Å². The van der Waals surface area contributed by atoms with E-state index in [9.17, 15) is 0 Å². The van der Waals surface area contributed by atoms with Crippen molar-refractivity contribution >= 4 is 0 Å². The average Bonchev–Trinajstić information content (AvgIpc) is 2.78. The zero-order valence-electron chi connectivity index (χ0n) is 8.58. The van der Waals surface area contributed by atoms with E-state index in [0.29, 0.717) is 5.95 Å². The third-order valence-electron chi connectivity index (χ3n) is 2.09. The molecule has 0 N–H and O–H groups in total. The first-order chi connectivity index (χ1) is 7.33. The van der Waals surface area contributed by atoms with Crippen LogP contribution < -0.4 is 0 Å². The molecule has 0 saturated heterocycles. The molecule has 0 spiro atoms. The Kier molecular flexibility index (Phi) is 2.73. The summed E-state index contributed by atoms with van der Waals surface area (Å²) in [7, 11) is 1.64. The van der Waals surface area contributed by atoms with Crippen LogP contribution in [0.3, 0.4) is 0 Å². The Morgan fingerprint density at radius 1 is 1.40 bits per heavy atom. The van der Waals surface area contributed by atoms with Crippen LogP contribution in [-0.4, -0.2) is 26.9 Å². The predicted molar refractivity (Wildman–Crippen MR) is 53.4 cm³/mol. The van der Waals surface area contributed by atoms with Gasteiger partial charge in [-0.15, -0.1) is 0 Å². The Bertz CT molecular complexity index is 426. The van der Waals surface area contributed by atoms with Gasteiger partial charge in [0.25, 0.3) is 5.95 Å². The van der Waals surface area contributed by atoms with Gasteiger partial charge in [0.1, 0.15) is 0 Å². The molecule has 15 heavy (non-hydrogen) atoms. The van der Waals surface area contributed by atoms with Crippen LogP contribution in [-0.2, 0) is 4.74 Å². The molecule has 1 radical (unpaired) electrons. The molecule has 2 heterocycles. The summed E-state index contributed by atoms with van der Waals surface area (Å²) in [6.07, 6.45) is 4.84. The Morgan fingerprint density at radius 3 is 2.80 bits per heavy atom. The van der Waals surface area contributed by atoms with Crippen molar-refractivity contribution in [2.75, 3.05) is 7.11 Å². The summed E-state index contributed by atoms with van der Waals surface area (Å²) in [5.41, 5.74) is 0.809. The van der Waals surface area contributed by atoms with E-state index in [1.165, 1.54) is 0 Å². The van der Waals surface area contributed by atoms with Crippen molar-refractivity contribution in [3.63, 3.8) is 0 Å². The molecule has 1 unspecified atom stereocenters. The maximum absolute atomic E-state index is 5.21. The standard InChI is InChI=1S/C10H11N4O/c1-8(15-2)9-4-7-13-14(9)10-11-5-3-6-12-10/h3,5-8H,1-2H3. The van der Waals surface area contributed by atoms with Crippen LogP contribution in [0.4, 0.5) is 0 Å². The number of ether oxygens (including phenoxy) is 1. The number of aromatic nitrogens is 4. The van der Waals surface area contributed by atoms with Crippen molar-refractivity contribution in [2.45, 2.75) is 13.0 Å². The lowest BCUT2D eigenvalue weighted by Crippen LogP contribution is -2.09. The van der Waals surface area contributed by atoms with Gasteiger partial charge in [-0.1, -0.05) is 0 Å². The lowest BCUT2D eigenvalue weighted by atomic mass is 10.3. The SMILES string of the molecule is COC(C)c1[c]cnn1-c1ncccn1. The first-order valence-electron chi connectivity index (χ1n) is 4.58. The van der Waals surface area contributed by atoms with Crippen LogP contribution in [0.2, 0.25) is 0 Å². The summed E-state index contributed by atoms with van der Waals surface area (Å²) < 4.78 is 6.83. The Morgan fingerprint density at radius 2 is 2.13 bits per heavy atom. The Hall–Kier alpha value is -1.75.